The minimum absolute atomic E-state index is 0.258. The maximum atomic E-state index is 12.6. The minimum atomic E-state index is -0.964. The quantitative estimate of drug-likeness (QED) is 0.155. The molecule has 0 heterocycles. The first-order chi connectivity index (χ1) is 16.4. The third kappa shape index (κ3) is 6.29. The number of hydrazone groups is 1. The lowest BCUT2D eigenvalue weighted by atomic mass is 10.1. The topological polar surface area (TPSA) is 106 Å². The highest BCUT2D eigenvalue weighted by Crippen LogP contribution is 2.24. The Kier molecular flexibility index (Phi) is 8.53. The zero-order chi connectivity index (χ0) is 24.5. The van der Waals surface area contributed by atoms with Gasteiger partial charge >= 0.3 is 17.8 Å². The van der Waals surface area contributed by atoms with Crippen molar-refractivity contribution < 1.29 is 23.9 Å². The molecule has 0 aromatic heterocycles. The van der Waals surface area contributed by atoms with Gasteiger partial charge in [-0.3, -0.25) is 9.59 Å². The average molecular weight is 524 g/mol. The van der Waals surface area contributed by atoms with Gasteiger partial charge in [0.15, 0.2) is 0 Å². The van der Waals surface area contributed by atoms with E-state index < -0.39 is 17.8 Å². The van der Waals surface area contributed by atoms with E-state index in [4.69, 9.17) is 9.47 Å². The number of esters is 1. The van der Waals surface area contributed by atoms with Crippen molar-refractivity contribution in [1.29, 1.82) is 0 Å². The largest absolute Gasteiger partial charge is 0.492 e. The number of carbonyl (C=O) groups is 3. The standard InChI is InChI=1S/C25H22BrN3O5/c1-3-33-22-15-9-7-13-20(22)27-23(30)24(31)29-28-16(2)17-10-5-8-14-21(17)34-25(32)18-11-4-6-12-19(18)26/h4-15H,3H2,1-2H3,(H,27,30)(H,29,31). The van der Waals surface area contributed by atoms with Crippen LogP contribution in [0.4, 0.5) is 5.69 Å². The minimum Gasteiger partial charge on any atom is -0.492 e. The molecule has 0 atom stereocenters. The van der Waals surface area contributed by atoms with Crippen LogP contribution in [0, 0.1) is 0 Å². The molecule has 0 spiro atoms. The summed E-state index contributed by atoms with van der Waals surface area (Å²) in [6.07, 6.45) is 0. The molecule has 174 valence electrons. The maximum Gasteiger partial charge on any atom is 0.344 e. The highest BCUT2D eigenvalue weighted by Gasteiger charge is 2.17. The van der Waals surface area contributed by atoms with E-state index in [1.54, 1.807) is 79.7 Å². The summed E-state index contributed by atoms with van der Waals surface area (Å²) in [6.45, 7) is 3.85. The number of rotatable bonds is 7. The lowest BCUT2D eigenvalue weighted by molar-refractivity contribution is -0.136. The van der Waals surface area contributed by atoms with Crippen LogP contribution in [0.5, 0.6) is 11.5 Å². The molecular weight excluding hydrogens is 502 g/mol. The zero-order valence-corrected chi connectivity index (χ0v) is 20.1. The fraction of sp³-hybridized carbons (Fsp3) is 0.120. The van der Waals surface area contributed by atoms with Crippen LogP contribution in [0.2, 0.25) is 0 Å². The summed E-state index contributed by atoms with van der Waals surface area (Å²) in [4.78, 5) is 37.2. The molecule has 34 heavy (non-hydrogen) atoms. The second-order valence-corrected chi connectivity index (χ2v) is 7.74. The van der Waals surface area contributed by atoms with Crippen LogP contribution < -0.4 is 20.2 Å². The Balaban J connectivity index is 1.70. The Labute approximate surface area is 205 Å². The molecule has 0 bridgehead atoms. The third-order valence-electron chi connectivity index (χ3n) is 4.54. The second-order valence-electron chi connectivity index (χ2n) is 6.89. The van der Waals surface area contributed by atoms with Crippen molar-refractivity contribution in [2.75, 3.05) is 11.9 Å². The fourth-order valence-corrected chi connectivity index (χ4v) is 3.36. The van der Waals surface area contributed by atoms with Gasteiger partial charge in [-0.05, 0) is 66.2 Å². The van der Waals surface area contributed by atoms with Gasteiger partial charge in [-0.25, -0.2) is 10.2 Å². The first-order valence-corrected chi connectivity index (χ1v) is 11.1. The summed E-state index contributed by atoms with van der Waals surface area (Å²) in [5.41, 5.74) is 3.77. The summed E-state index contributed by atoms with van der Waals surface area (Å²) < 4.78 is 11.6. The Hall–Kier alpha value is -3.98. The molecule has 2 amide bonds. The smallest absolute Gasteiger partial charge is 0.344 e. The van der Waals surface area contributed by atoms with Gasteiger partial charge in [-0.15, -0.1) is 0 Å². The first kappa shape index (κ1) is 24.7. The SMILES string of the molecule is CCOc1ccccc1NC(=O)C(=O)NN=C(C)c1ccccc1OC(=O)c1ccccc1Br. The normalized spacial score (nSPS) is 10.9. The van der Waals surface area contributed by atoms with E-state index >= 15 is 0 Å². The van der Waals surface area contributed by atoms with Gasteiger partial charge in [0.2, 0.25) is 0 Å². The molecular formula is C25H22BrN3O5. The average Bonchev–Trinajstić information content (AvgIpc) is 2.84. The number of para-hydroxylation sites is 3. The summed E-state index contributed by atoms with van der Waals surface area (Å²) in [6, 6.07) is 20.4. The number of carbonyl (C=O) groups excluding carboxylic acids is 3. The van der Waals surface area contributed by atoms with E-state index in [1.165, 1.54) is 0 Å². The van der Waals surface area contributed by atoms with E-state index in [0.29, 0.717) is 39.4 Å². The molecule has 0 aliphatic carbocycles. The predicted molar refractivity (Wildman–Crippen MR) is 132 cm³/mol. The van der Waals surface area contributed by atoms with Crippen molar-refractivity contribution in [3.63, 3.8) is 0 Å². The molecule has 3 aromatic rings. The van der Waals surface area contributed by atoms with E-state index in [0.717, 1.165) is 0 Å². The Morgan fingerprint density at radius 1 is 0.853 bits per heavy atom. The van der Waals surface area contributed by atoms with Crippen LogP contribution >= 0.6 is 15.9 Å². The van der Waals surface area contributed by atoms with Crippen molar-refractivity contribution >= 4 is 45.1 Å². The maximum absolute atomic E-state index is 12.6. The molecule has 3 rings (SSSR count). The van der Waals surface area contributed by atoms with Gasteiger partial charge in [-0.2, -0.15) is 5.10 Å². The Morgan fingerprint density at radius 3 is 2.18 bits per heavy atom. The van der Waals surface area contributed by atoms with Gasteiger partial charge in [-0.1, -0.05) is 36.4 Å². The molecule has 0 fully saturated rings. The van der Waals surface area contributed by atoms with Crippen LogP contribution in [0.1, 0.15) is 29.8 Å². The lowest BCUT2D eigenvalue weighted by Gasteiger charge is -2.11. The van der Waals surface area contributed by atoms with E-state index in [9.17, 15) is 14.4 Å². The summed E-state index contributed by atoms with van der Waals surface area (Å²) in [5, 5.41) is 6.50. The number of ether oxygens (including phenoxy) is 2. The highest BCUT2D eigenvalue weighted by molar-refractivity contribution is 9.10. The monoisotopic (exact) mass is 523 g/mol. The third-order valence-corrected chi connectivity index (χ3v) is 5.23. The number of amides is 2. The van der Waals surface area contributed by atoms with Crippen LogP contribution in [-0.2, 0) is 9.59 Å². The molecule has 0 aliphatic rings. The number of hydrogen-bond donors (Lipinski definition) is 2. The van der Waals surface area contributed by atoms with Crippen molar-refractivity contribution in [2.45, 2.75) is 13.8 Å². The summed E-state index contributed by atoms with van der Waals surface area (Å²) >= 11 is 3.33. The summed E-state index contributed by atoms with van der Waals surface area (Å²) in [5.74, 6) is -1.71. The summed E-state index contributed by atoms with van der Waals surface area (Å²) in [7, 11) is 0. The van der Waals surface area contributed by atoms with Gasteiger partial charge in [0, 0.05) is 10.0 Å². The van der Waals surface area contributed by atoms with E-state index in [1.807, 2.05) is 6.92 Å². The van der Waals surface area contributed by atoms with E-state index in [-0.39, 0.29) is 5.75 Å². The van der Waals surface area contributed by atoms with Gasteiger partial charge < -0.3 is 14.8 Å². The number of anilines is 1. The molecule has 0 saturated heterocycles. The molecule has 0 aliphatic heterocycles. The Morgan fingerprint density at radius 2 is 1.47 bits per heavy atom. The molecule has 3 aromatic carbocycles. The van der Waals surface area contributed by atoms with Crippen molar-refractivity contribution in [2.24, 2.45) is 5.10 Å². The number of nitrogens with zero attached hydrogens (tertiary/aromatic N) is 1. The molecule has 8 nitrogen and oxygen atoms in total. The number of benzene rings is 3. The van der Waals surface area contributed by atoms with Crippen molar-refractivity contribution in [3.8, 4) is 11.5 Å². The number of halogens is 1. The fourth-order valence-electron chi connectivity index (χ4n) is 2.91. The predicted octanol–water partition coefficient (Wildman–Crippen LogP) is 4.55. The van der Waals surface area contributed by atoms with Crippen LogP contribution in [-0.4, -0.2) is 30.1 Å². The van der Waals surface area contributed by atoms with Gasteiger partial charge in [0.05, 0.1) is 23.6 Å². The molecule has 9 heteroatoms. The Bertz CT molecular complexity index is 1240. The molecule has 0 radical (unpaired) electrons. The lowest BCUT2D eigenvalue weighted by Crippen LogP contribution is -2.33. The van der Waals surface area contributed by atoms with Gasteiger partial charge in [0.25, 0.3) is 0 Å². The molecule has 0 unspecified atom stereocenters. The number of nitrogens with one attached hydrogen (secondary N) is 2. The first-order valence-electron chi connectivity index (χ1n) is 10.3. The van der Waals surface area contributed by atoms with Crippen LogP contribution in [0.3, 0.4) is 0 Å². The number of hydrogen-bond acceptors (Lipinski definition) is 6. The van der Waals surface area contributed by atoms with Crippen LogP contribution in [0.25, 0.3) is 0 Å². The van der Waals surface area contributed by atoms with Crippen LogP contribution in [0.15, 0.2) is 82.4 Å². The van der Waals surface area contributed by atoms with Gasteiger partial charge in [0.1, 0.15) is 11.5 Å². The second kappa shape index (κ2) is 11.8. The zero-order valence-electron chi connectivity index (χ0n) is 18.5. The van der Waals surface area contributed by atoms with E-state index in [2.05, 4.69) is 31.8 Å². The highest BCUT2D eigenvalue weighted by atomic mass is 79.9. The van der Waals surface area contributed by atoms with Crippen molar-refractivity contribution in [3.05, 3.63) is 88.4 Å². The molecule has 2 N–H and O–H groups in total. The van der Waals surface area contributed by atoms with Crippen molar-refractivity contribution in [1.82, 2.24) is 5.43 Å². The molecule has 0 saturated carbocycles.